The highest BCUT2D eigenvalue weighted by atomic mass is 16.5. The third-order valence-corrected chi connectivity index (χ3v) is 7.53. The van der Waals surface area contributed by atoms with Crippen molar-refractivity contribution in [1.82, 2.24) is 4.90 Å². The molecule has 0 N–H and O–H groups in total. The summed E-state index contributed by atoms with van der Waals surface area (Å²) < 4.78 is 5.95. The standard InChI is InChI=1S/C34H33N3O2/c1-25-21-29(22-30(23-35)34(38)37-19-17-36(18-20-37)31-11-7-4-8-12-31)26(2)33(25)28-13-15-32(16-14-28)39-24-27-9-5-3-6-10-27/h3-16,21-22,33H,17-20,24H2,1-2H3/b30-22-/t33-/m0/s1. The molecule has 1 fully saturated rings. The number of ether oxygens (including phenoxy) is 1. The van der Waals surface area contributed by atoms with Gasteiger partial charge in [0.15, 0.2) is 0 Å². The molecule has 39 heavy (non-hydrogen) atoms. The van der Waals surface area contributed by atoms with Gasteiger partial charge in [-0.25, -0.2) is 0 Å². The summed E-state index contributed by atoms with van der Waals surface area (Å²) >= 11 is 0. The molecule has 196 valence electrons. The zero-order chi connectivity index (χ0) is 27.2. The van der Waals surface area contributed by atoms with Crippen LogP contribution in [-0.2, 0) is 11.4 Å². The molecule has 1 aliphatic carbocycles. The summed E-state index contributed by atoms with van der Waals surface area (Å²) in [5.41, 5.74) is 6.92. The van der Waals surface area contributed by atoms with Crippen LogP contribution in [0, 0.1) is 11.3 Å². The number of hydrogen-bond donors (Lipinski definition) is 0. The molecule has 5 heteroatoms. The number of carbonyl (C=O) groups excluding carboxylic acids is 1. The SMILES string of the molecule is CC1=CC(/C=C(/C#N)C(=O)N2CCN(c3ccccc3)CC2)=C(C)[C@H]1c1ccc(OCc2ccccc2)cc1. The van der Waals surface area contributed by atoms with Crippen LogP contribution in [-0.4, -0.2) is 37.0 Å². The second-order valence-electron chi connectivity index (χ2n) is 10.1. The Hall–Kier alpha value is -4.56. The fourth-order valence-corrected chi connectivity index (χ4v) is 5.39. The van der Waals surface area contributed by atoms with Crippen LogP contribution in [0.3, 0.4) is 0 Å². The van der Waals surface area contributed by atoms with Crippen LogP contribution in [0.4, 0.5) is 5.69 Å². The van der Waals surface area contributed by atoms with Crippen molar-refractivity contribution in [2.45, 2.75) is 26.4 Å². The van der Waals surface area contributed by atoms with Gasteiger partial charge in [0.25, 0.3) is 5.91 Å². The van der Waals surface area contributed by atoms with Gasteiger partial charge in [0.1, 0.15) is 24.0 Å². The maximum absolute atomic E-state index is 13.3. The summed E-state index contributed by atoms with van der Waals surface area (Å²) in [6, 6.07) is 30.7. The first-order valence-electron chi connectivity index (χ1n) is 13.4. The van der Waals surface area contributed by atoms with Crippen molar-refractivity contribution in [2.75, 3.05) is 31.1 Å². The van der Waals surface area contributed by atoms with E-state index in [2.05, 4.69) is 67.3 Å². The monoisotopic (exact) mass is 515 g/mol. The average Bonchev–Trinajstić information content (AvgIpc) is 3.27. The fourth-order valence-electron chi connectivity index (χ4n) is 5.39. The van der Waals surface area contributed by atoms with E-state index in [-0.39, 0.29) is 17.4 Å². The highest BCUT2D eigenvalue weighted by Gasteiger charge is 2.27. The van der Waals surface area contributed by atoms with Crippen molar-refractivity contribution < 1.29 is 9.53 Å². The molecule has 1 atom stereocenters. The Kier molecular flexibility index (Phi) is 7.94. The van der Waals surface area contributed by atoms with Crippen LogP contribution in [0.15, 0.2) is 119 Å². The van der Waals surface area contributed by atoms with Gasteiger partial charge in [-0.2, -0.15) is 5.26 Å². The molecule has 0 radical (unpaired) electrons. The predicted molar refractivity (Wildman–Crippen MR) is 155 cm³/mol. The summed E-state index contributed by atoms with van der Waals surface area (Å²) in [6.45, 7) is 7.42. The van der Waals surface area contributed by atoms with E-state index in [0.29, 0.717) is 19.7 Å². The summed E-state index contributed by atoms with van der Waals surface area (Å²) in [7, 11) is 0. The lowest BCUT2D eigenvalue weighted by atomic mass is 9.89. The van der Waals surface area contributed by atoms with Gasteiger partial charge in [-0.3, -0.25) is 4.79 Å². The molecule has 3 aromatic rings. The molecular weight excluding hydrogens is 482 g/mol. The number of carbonyl (C=O) groups is 1. The minimum atomic E-state index is -0.195. The third kappa shape index (κ3) is 5.97. The summed E-state index contributed by atoms with van der Waals surface area (Å²) in [6.07, 6.45) is 3.86. The van der Waals surface area contributed by atoms with Gasteiger partial charge in [0.2, 0.25) is 0 Å². The first-order valence-corrected chi connectivity index (χ1v) is 13.4. The molecule has 2 aliphatic rings. The molecule has 1 heterocycles. The largest absolute Gasteiger partial charge is 0.489 e. The van der Waals surface area contributed by atoms with Crippen molar-refractivity contribution in [2.24, 2.45) is 0 Å². The lowest BCUT2D eigenvalue weighted by Crippen LogP contribution is -2.49. The van der Waals surface area contributed by atoms with Crippen LogP contribution < -0.4 is 9.64 Å². The fraction of sp³-hybridized carbons (Fsp3) is 0.235. The van der Waals surface area contributed by atoms with E-state index in [4.69, 9.17) is 4.74 Å². The highest BCUT2D eigenvalue weighted by molar-refractivity contribution is 5.98. The second kappa shape index (κ2) is 11.9. The van der Waals surface area contributed by atoms with Crippen molar-refractivity contribution in [3.63, 3.8) is 0 Å². The smallest absolute Gasteiger partial charge is 0.264 e. The lowest BCUT2D eigenvalue weighted by Gasteiger charge is -2.36. The number of para-hydroxylation sites is 1. The molecule has 0 unspecified atom stereocenters. The number of nitriles is 1. The minimum absolute atomic E-state index is 0.115. The van der Waals surface area contributed by atoms with E-state index in [1.807, 2.05) is 48.5 Å². The van der Waals surface area contributed by atoms with Gasteiger partial charge < -0.3 is 14.5 Å². The van der Waals surface area contributed by atoms with Crippen LogP contribution in [0.1, 0.15) is 30.9 Å². The molecule has 1 saturated heterocycles. The number of hydrogen-bond acceptors (Lipinski definition) is 4. The van der Waals surface area contributed by atoms with E-state index < -0.39 is 0 Å². The maximum atomic E-state index is 13.3. The average molecular weight is 516 g/mol. The van der Waals surface area contributed by atoms with Crippen LogP contribution >= 0.6 is 0 Å². The molecule has 0 bridgehead atoms. The number of amides is 1. The molecular formula is C34H33N3O2. The predicted octanol–water partition coefficient (Wildman–Crippen LogP) is 6.42. The molecule has 0 aromatic heterocycles. The molecule has 5 rings (SSSR count). The zero-order valence-electron chi connectivity index (χ0n) is 22.5. The van der Waals surface area contributed by atoms with Gasteiger partial charge in [0.05, 0.1) is 0 Å². The molecule has 0 spiro atoms. The topological polar surface area (TPSA) is 56.6 Å². The Morgan fingerprint density at radius 3 is 2.21 bits per heavy atom. The van der Waals surface area contributed by atoms with Gasteiger partial charge in [-0.1, -0.05) is 77.9 Å². The Labute approximate surface area is 230 Å². The number of rotatable bonds is 7. The summed E-state index contributed by atoms with van der Waals surface area (Å²) in [5, 5.41) is 9.88. The maximum Gasteiger partial charge on any atom is 0.264 e. The van der Waals surface area contributed by atoms with Crippen LogP contribution in [0.5, 0.6) is 5.75 Å². The molecule has 0 saturated carbocycles. The Balaban J connectivity index is 1.25. The first-order chi connectivity index (χ1) is 19.0. The first kappa shape index (κ1) is 26.1. The number of anilines is 1. The summed E-state index contributed by atoms with van der Waals surface area (Å²) in [4.78, 5) is 17.3. The van der Waals surface area contributed by atoms with Crippen molar-refractivity contribution >= 4 is 11.6 Å². The zero-order valence-corrected chi connectivity index (χ0v) is 22.5. The number of allylic oxidation sites excluding steroid dienone is 5. The van der Waals surface area contributed by atoms with Crippen LogP contribution in [0.2, 0.25) is 0 Å². The minimum Gasteiger partial charge on any atom is -0.489 e. The second-order valence-corrected chi connectivity index (χ2v) is 10.1. The van der Waals surface area contributed by atoms with Crippen molar-refractivity contribution in [1.29, 1.82) is 5.26 Å². The van der Waals surface area contributed by atoms with Gasteiger partial charge in [-0.15, -0.1) is 0 Å². The molecule has 5 nitrogen and oxygen atoms in total. The van der Waals surface area contributed by atoms with E-state index in [0.717, 1.165) is 41.2 Å². The van der Waals surface area contributed by atoms with Crippen molar-refractivity contribution in [3.05, 3.63) is 131 Å². The van der Waals surface area contributed by atoms with E-state index in [9.17, 15) is 10.1 Å². The number of piperazine rings is 1. The van der Waals surface area contributed by atoms with E-state index in [1.54, 1.807) is 11.0 Å². The van der Waals surface area contributed by atoms with Gasteiger partial charge in [0, 0.05) is 37.8 Å². The Bertz CT molecular complexity index is 1440. The highest BCUT2D eigenvalue weighted by Crippen LogP contribution is 2.40. The molecule has 1 aliphatic heterocycles. The van der Waals surface area contributed by atoms with Gasteiger partial charge >= 0.3 is 0 Å². The summed E-state index contributed by atoms with van der Waals surface area (Å²) in [5.74, 6) is 0.748. The number of nitrogens with zero attached hydrogens (tertiary/aromatic N) is 3. The lowest BCUT2D eigenvalue weighted by molar-refractivity contribution is -0.127. The third-order valence-electron chi connectivity index (χ3n) is 7.53. The quantitative estimate of drug-likeness (QED) is 0.269. The molecule has 3 aromatic carbocycles. The normalized spacial score (nSPS) is 17.6. The number of benzene rings is 3. The Morgan fingerprint density at radius 2 is 1.56 bits per heavy atom. The van der Waals surface area contributed by atoms with Gasteiger partial charge in [-0.05, 0) is 60.9 Å². The van der Waals surface area contributed by atoms with E-state index >= 15 is 0 Å². The van der Waals surface area contributed by atoms with Crippen LogP contribution in [0.25, 0.3) is 0 Å². The molecule has 1 amide bonds. The Morgan fingerprint density at radius 1 is 0.923 bits per heavy atom. The van der Waals surface area contributed by atoms with E-state index in [1.165, 1.54) is 11.1 Å². The van der Waals surface area contributed by atoms with Crippen molar-refractivity contribution in [3.8, 4) is 11.8 Å².